The van der Waals surface area contributed by atoms with Crippen LogP contribution in [-0.4, -0.2) is 4.98 Å². The van der Waals surface area contributed by atoms with E-state index in [1.165, 1.54) is 30.2 Å². The molecule has 3 N–H and O–H groups in total. The second kappa shape index (κ2) is 7.17. The molecule has 1 atom stereocenters. The molecule has 18 heavy (non-hydrogen) atoms. The van der Waals surface area contributed by atoms with Crippen molar-refractivity contribution in [3.05, 3.63) is 34.4 Å². The third kappa shape index (κ3) is 3.50. The molecule has 0 unspecified atom stereocenters. The van der Waals surface area contributed by atoms with E-state index in [0.717, 1.165) is 16.4 Å². The molecule has 0 fully saturated rings. The zero-order valence-electron chi connectivity index (χ0n) is 10.6. The SMILES string of the molecule is CCCCC[C@@H](N)c1c[nH]c2ccc(Br)cc12.Cl. The Bertz CT molecular complexity index is 495. The summed E-state index contributed by atoms with van der Waals surface area (Å²) in [6.07, 6.45) is 6.82. The number of rotatable bonds is 5. The summed E-state index contributed by atoms with van der Waals surface area (Å²) >= 11 is 3.51. The van der Waals surface area contributed by atoms with E-state index in [2.05, 4.69) is 40.0 Å². The van der Waals surface area contributed by atoms with Crippen molar-refractivity contribution in [1.29, 1.82) is 0 Å². The molecule has 100 valence electrons. The number of fused-ring (bicyclic) bond motifs is 1. The molecular weight excluding hydrogens is 312 g/mol. The fourth-order valence-corrected chi connectivity index (χ4v) is 2.55. The van der Waals surface area contributed by atoms with Crippen LogP contribution in [0.1, 0.15) is 44.2 Å². The summed E-state index contributed by atoms with van der Waals surface area (Å²) in [4.78, 5) is 3.29. The van der Waals surface area contributed by atoms with Gasteiger partial charge < -0.3 is 10.7 Å². The Morgan fingerprint density at radius 3 is 2.83 bits per heavy atom. The lowest BCUT2D eigenvalue weighted by Gasteiger charge is -2.10. The maximum Gasteiger partial charge on any atom is 0.0458 e. The molecule has 1 aromatic carbocycles. The second-order valence-corrected chi connectivity index (χ2v) is 5.45. The van der Waals surface area contributed by atoms with Crippen molar-refractivity contribution >= 4 is 39.2 Å². The maximum atomic E-state index is 6.26. The topological polar surface area (TPSA) is 41.8 Å². The van der Waals surface area contributed by atoms with Crippen LogP contribution in [0.5, 0.6) is 0 Å². The van der Waals surface area contributed by atoms with Gasteiger partial charge in [0, 0.05) is 27.6 Å². The standard InChI is InChI=1S/C14H19BrN2.ClH/c1-2-3-4-5-13(16)12-9-17-14-7-6-10(15)8-11(12)14;/h6-9,13,17H,2-5,16H2,1H3;1H/t13-;/m1./s1. The summed E-state index contributed by atoms with van der Waals surface area (Å²) < 4.78 is 1.10. The lowest BCUT2D eigenvalue weighted by molar-refractivity contribution is 0.584. The molecule has 4 heteroatoms. The van der Waals surface area contributed by atoms with Crippen LogP contribution >= 0.6 is 28.3 Å². The molecule has 0 spiro atoms. The smallest absolute Gasteiger partial charge is 0.0458 e. The molecule has 0 saturated heterocycles. The highest BCUT2D eigenvalue weighted by Crippen LogP contribution is 2.28. The van der Waals surface area contributed by atoms with Crippen LogP contribution in [0.3, 0.4) is 0 Å². The van der Waals surface area contributed by atoms with E-state index in [-0.39, 0.29) is 18.4 Å². The van der Waals surface area contributed by atoms with Crippen LogP contribution in [0.15, 0.2) is 28.9 Å². The fraction of sp³-hybridized carbons (Fsp3) is 0.429. The van der Waals surface area contributed by atoms with E-state index in [1.54, 1.807) is 0 Å². The number of halogens is 2. The number of nitrogens with two attached hydrogens (primary N) is 1. The Balaban J connectivity index is 0.00000162. The molecule has 0 amide bonds. The van der Waals surface area contributed by atoms with E-state index < -0.39 is 0 Å². The van der Waals surface area contributed by atoms with Gasteiger partial charge >= 0.3 is 0 Å². The van der Waals surface area contributed by atoms with Crippen LogP contribution in [0.25, 0.3) is 10.9 Å². The highest BCUT2D eigenvalue weighted by molar-refractivity contribution is 9.10. The molecule has 0 bridgehead atoms. The Hall–Kier alpha value is -0.510. The van der Waals surface area contributed by atoms with Gasteiger partial charge in [0.1, 0.15) is 0 Å². The predicted octanol–water partition coefficient (Wildman–Crippen LogP) is 4.93. The number of hydrogen-bond donors (Lipinski definition) is 2. The molecule has 1 aromatic heterocycles. The van der Waals surface area contributed by atoms with Gasteiger partial charge in [-0.05, 0) is 30.2 Å². The number of aromatic nitrogens is 1. The first-order chi connectivity index (χ1) is 8.22. The van der Waals surface area contributed by atoms with Crippen molar-refractivity contribution in [3.63, 3.8) is 0 Å². The van der Waals surface area contributed by atoms with E-state index >= 15 is 0 Å². The summed E-state index contributed by atoms with van der Waals surface area (Å²) in [5.41, 5.74) is 8.66. The van der Waals surface area contributed by atoms with Crippen LogP contribution < -0.4 is 5.73 Å². The number of H-pyrrole nitrogens is 1. The van der Waals surface area contributed by atoms with E-state index in [4.69, 9.17) is 5.73 Å². The molecule has 0 aliphatic rings. The normalized spacial score (nSPS) is 12.4. The summed E-state index contributed by atoms with van der Waals surface area (Å²) in [6.45, 7) is 2.22. The van der Waals surface area contributed by atoms with E-state index in [0.29, 0.717) is 0 Å². The molecule has 2 nitrogen and oxygen atoms in total. The Morgan fingerprint density at radius 1 is 1.33 bits per heavy atom. The first-order valence-corrected chi connectivity index (χ1v) is 7.03. The van der Waals surface area contributed by atoms with Crippen molar-refractivity contribution in [2.75, 3.05) is 0 Å². The lowest BCUT2D eigenvalue weighted by Crippen LogP contribution is -2.09. The van der Waals surface area contributed by atoms with Gasteiger partial charge in [0.05, 0.1) is 0 Å². The highest BCUT2D eigenvalue weighted by Gasteiger charge is 2.11. The Kier molecular flexibility index (Phi) is 6.19. The third-order valence-corrected chi connectivity index (χ3v) is 3.69. The third-order valence-electron chi connectivity index (χ3n) is 3.19. The first-order valence-electron chi connectivity index (χ1n) is 6.24. The minimum absolute atomic E-state index is 0. The van der Waals surface area contributed by atoms with Gasteiger partial charge in [-0.25, -0.2) is 0 Å². The van der Waals surface area contributed by atoms with Crippen LogP contribution in [-0.2, 0) is 0 Å². The van der Waals surface area contributed by atoms with Gasteiger partial charge in [-0.1, -0.05) is 42.1 Å². The number of unbranched alkanes of at least 4 members (excludes halogenated alkanes) is 2. The van der Waals surface area contributed by atoms with Crippen molar-refractivity contribution < 1.29 is 0 Å². The van der Waals surface area contributed by atoms with Crippen LogP contribution in [0.2, 0.25) is 0 Å². The molecule has 2 rings (SSSR count). The van der Waals surface area contributed by atoms with Crippen molar-refractivity contribution in [1.82, 2.24) is 4.98 Å². The van der Waals surface area contributed by atoms with Gasteiger partial charge in [-0.15, -0.1) is 12.4 Å². The van der Waals surface area contributed by atoms with Crippen molar-refractivity contribution in [2.24, 2.45) is 5.73 Å². The molecule has 2 aromatic rings. The van der Waals surface area contributed by atoms with Crippen LogP contribution in [0.4, 0.5) is 0 Å². The monoisotopic (exact) mass is 330 g/mol. The maximum absolute atomic E-state index is 6.26. The molecule has 0 radical (unpaired) electrons. The quantitative estimate of drug-likeness (QED) is 0.749. The first kappa shape index (κ1) is 15.5. The van der Waals surface area contributed by atoms with Gasteiger partial charge in [-0.2, -0.15) is 0 Å². The Labute approximate surface area is 123 Å². The molecule has 0 aliphatic carbocycles. The number of benzene rings is 1. The minimum Gasteiger partial charge on any atom is -0.361 e. The van der Waals surface area contributed by atoms with Gasteiger partial charge in [0.25, 0.3) is 0 Å². The molecule has 0 saturated carbocycles. The van der Waals surface area contributed by atoms with E-state index in [1.807, 2.05) is 12.3 Å². The molecule has 1 heterocycles. The zero-order chi connectivity index (χ0) is 12.3. The summed E-state index contributed by atoms with van der Waals surface area (Å²) in [5.74, 6) is 0. The number of nitrogens with one attached hydrogen (secondary N) is 1. The lowest BCUT2D eigenvalue weighted by atomic mass is 10.0. The van der Waals surface area contributed by atoms with Gasteiger partial charge in [0.15, 0.2) is 0 Å². The number of hydrogen-bond acceptors (Lipinski definition) is 1. The largest absolute Gasteiger partial charge is 0.361 e. The minimum atomic E-state index is 0. The predicted molar refractivity (Wildman–Crippen MR) is 84.3 cm³/mol. The molecule has 0 aliphatic heterocycles. The average Bonchev–Trinajstić information content (AvgIpc) is 2.72. The zero-order valence-corrected chi connectivity index (χ0v) is 13.0. The Morgan fingerprint density at radius 2 is 2.11 bits per heavy atom. The van der Waals surface area contributed by atoms with Crippen LogP contribution in [0, 0.1) is 0 Å². The van der Waals surface area contributed by atoms with Crippen molar-refractivity contribution in [2.45, 2.75) is 38.6 Å². The number of aromatic amines is 1. The molecular formula is C14H20BrClN2. The second-order valence-electron chi connectivity index (χ2n) is 4.54. The van der Waals surface area contributed by atoms with E-state index in [9.17, 15) is 0 Å². The summed E-state index contributed by atoms with van der Waals surface area (Å²) in [5, 5.41) is 1.24. The summed E-state index contributed by atoms with van der Waals surface area (Å²) in [6, 6.07) is 6.41. The van der Waals surface area contributed by atoms with Crippen molar-refractivity contribution in [3.8, 4) is 0 Å². The average molecular weight is 332 g/mol. The summed E-state index contributed by atoms with van der Waals surface area (Å²) in [7, 11) is 0. The highest BCUT2D eigenvalue weighted by atomic mass is 79.9. The van der Waals surface area contributed by atoms with Gasteiger partial charge in [0.2, 0.25) is 0 Å². The van der Waals surface area contributed by atoms with Gasteiger partial charge in [-0.3, -0.25) is 0 Å². The fourth-order valence-electron chi connectivity index (χ4n) is 2.19.